The van der Waals surface area contributed by atoms with Gasteiger partial charge in [-0.25, -0.2) is 13.8 Å². The van der Waals surface area contributed by atoms with Crippen LogP contribution in [0.4, 0.5) is 17.6 Å². The Morgan fingerprint density at radius 3 is 2.84 bits per heavy atom. The van der Waals surface area contributed by atoms with E-state index in [0.29, 0.717) is 18.9 Å². The van der Waals surface area contributed by atoms with Crippen molar-refractivity contribution >= 4 is 0 Å². The molecule has 1 saturated heterocycles. The van der Waals surface area contributed by atoms with Gasteiger partial charge in [0, 0.05) is 18.7 Å². The normalized spacial score (nSPS) is 22.1. The lowest BCUT2D eigenvalue weighted by Gasteiger charge is -2.22. The molecular formula is C11H15F4N3O. The molecule has 19 heavy (non-hydrogen) atoms. The summed E-state index contributed by atoms with van der Waals surface area (Å²) in [4.78, 5) is 3.72. The lowest BCUT2D eigenvalue weighted by molar-refractivity contribution is -0.138. The molecule has 2 unspecified atom stereocenters. The number of halogens is 4. The Labute approximate surface area is 107 Å². The molecule has 2 rings (SSSR count). The fraction of sp³-hybridized carbons (Fsp3) is 0.727. The lowest BCUT2D eigenvalue weighted by Crippen LogP contribution is -2.34. The number of nitrogens with two attached hydrogens (primary N) is 1. The van der Waals surface area contributed by atoms with Crippen molar-refractivity contribution in [2.24, 2.45) is 11.7 Å². The van der Waals surface area contributed by atoms with Crippen molar-refractivity contribution in [1.82, 2.24) is 9.55 Å². The standard InChI is InChI=1S/C11H15F4N3O/c12-10(13)11(14,15)5-18-6-17-3-8(18)9(16)7-1-2-19-4-7/h3,6-7,9-10H,1-2,4-5,16H2. The number of aromatic nitrogens is 2. The lowest BCUT2D eigenvalue weighted by atomic mass is 9.97. The largest absolute Gasteiger partial charge is 0.381 e. The second kappa shape index (κ2) is 5.46. The van der Waals surface area contributed by atoms with E-state index >= 15 is 0 Å². The van der Waals surface area contributed by atoms with Crippen LogP contribution in [-0.4, -0.2) is 35.1 Å². The van der Waals surface area contributed by atoms with E-state index in [4.69, 9.17) is 10.5 Å². The Balaban J connectivity index is 2.13. The number of rotatable bonds is 5. The highest BCUT2D eigenvalue weighted by molar-refractivity contribution is 5.07. The van der Waals surface area contributed by atoms with Crippen LogP contribution in [0.3, 0.4) is 0 Å². The van der Waals surface area contributed by atoms with Crippen molar-refractivity contribution in [1.29, 1.82) is 0 Å². The molecule has 108 valence electrons. The first kappa shape index (κ1) is 14.3. The van der Waals surface area contributed by atoms with Gasteiger partial charge in [0.05, 0.1) is 31.2 Å². The summed E-state index contributed by atoms with van der Waals surface area (Å²) in [6.07, 6.45) is -0.558. The molecule has 1 aromatic rings. The summed E-state index contributed by atoms with van der Waals surface area (Å²) in [5.41, 5.74) is 6.30. The molecule has 0 amide bonds. The third-order valence-electron chi connectivity index (χ3n) is 3.26. The molecule has 0 spiro atoms. The van der Waals surface area contributed by atoms with Gasteiger partial charge in [-0.2, -0.15) is 8.78 Å². The van der Waals surface area contributed by atoms with Crippen LogP contribution in [0.15, 0.2) is 12.5 Å². The van der Waals surface area contributed by atoms with Crippen LogP contribution in [-0.2, 0) is 11.3 Å². The van der Waals surface area contributed by atoms with Crippen molar-refractivity contribution in [3.05, 3.63) is 18.2 Å². The molecule has 2 N–H and O–H groups in total. The first-order valence-corrected chi connectivity index (χ1v) is 5.91. The van der Waals surface area contributed by atoms with Crippen LogP contribution in [0.25, 0.3) is 0 Å². The van der Waals surface area contributed by atoms with Gasteiger partial charge in [0.2, 0.25) is 0 Å². The van der Waals surface area contributed by atoms with E-state index in [-0.39, 0.29) is 5.92 Å². The maximum atomic E-state index is 13.1. The molecule has 1 aliphatic rings. The van der Waals surface area contributed by atoms with Crippen molar-refractivity contribution in [3.8, 4) is 0 Å². The molecule has 0 radical (unpaired) electrons. The number of imidazole rings is 1. The van der Waals surface area contributed by atoms with Gasteiger partial charge in [-0.3, -0.25) is 0 Å². The predicted octanol–water partition coefficient (Wildman–Crippen LogP) is 1.82. The molecule has 8 heteroatoms. The Morgan fingerprint density at radius 2 is 2.26 bits per heavy atom. The number of alkyl halides is 4. The van der Waals surface area contributed by atoms with E-state index < -0.39 is 24.9 Å². The van der Waals surface area contributed by atoms with Gasteiger partial charge >= 0.3 is 12.3 Å². The number of nitrogens with zero attached hydrogens (tertiary/aromatic N) is 2. The molecule has 1 fully saturated rings. The van der Waals surface area contributed by atoms with E-state index in [0.717, 1.165) is 17.3 Å². The smallest absolute Gasteiger partial charge is 0.324 e. The van der Waals surface area contributed by atoms with Crippen LogP contribution >= 0.6 is 0 Å². The molecule has 0 aliphatic carbocycles. The van der Waals surface area contributed by atoms with E-state index in [9.17, 15) is 17.6 Å². The molecule has 2 atom stereocenters. The van der Waals surface area contributed by atoms with Gasteiger partial charge in [0.15, 0.2) is 0 Å². The zero-order chi connectivity index (χ0) is 14.0. The molecule has 1 aromatic heterocycles. The Bertz CT molecular complexity index is 418. The summed E-state index contributed by atoms with van der Waals surface area (Å²) in [6.45, 7) is -0.113. The van der Waals surface area contributed by atoms with E-state index in [1.54, 1.807) is 0 Å². The van der Waals surface area contributed by atoms with E-state index in [2.05, 4.69) is 4.98 Å². The SMILES string of the molecule is NC(c1cncn1CC(F)(F)C(F)F)C1CCOC1. The fourth-order valence-corrected chi connectivity index (χ4v) is 2.11. The second-order valence-electron chi connectivity index (χ2n) is 4.66. The van der Waals surface area contributed by atoms with Crippen molar-refractivity contribution in [2.75, 3.05) is 13.2 Å². The minimum Gasteiger partial charge on any atom is -0.381 e. The van der Waals surface area contributed by atoms with Gasteiger partial charge in [-0.05, 0) is 6.42 Å². The summed E-state index contributed by atoms with van der Waals surface area (Å²) in [5, 5.41) is 0. The zero-order valence-electron chi connectivity index (χ0n) is 10.1. The average molecular weight is 281 g/mol. The topological polar surface area (TPSA) is 53.1 Å². The molecule has 1 aliphatic heterocycles. The summed E-state index contributed by atoms with van der Waals surface area (Å²) in [7, 11) is 0. The Morgan fingerprint density at radius 1 is 1.53 bits per heavy atom. The van der Waals surface area contributed by atoms with Crippen LogP contribution in [0, 0.1) is 5.92 Å². The summed E-state index contributed by atoms with van der Waals surface area (Å²) in [5.74, 6) is -4.10. The highest BCUT2D eigenvalue weighted by Gasteiger charge is 2.42. The zero-order valence-corrected chi connectivity index (χ0v) is 10.1. The second-order valence-corrected chi connectivity index (χ2v) is 4.66. The molecular weight excluding hydrogens is 266 g/mol. The fourth-order valence-electron chi connectivity index (χ4n) is 2.11. The van der Waals surface area contributed by atoms with E-state index in [1.165, 1.54) is 6.20 Å². The number of hydrogen-bond donors (Lipinski definition) is 1. The quantitative estimate of drug-likeness (QED) is 0.838. The molecule has 0 aromatic carbocycles. The number of ether oxygens (including phenoxy) is 1. The monoisotopic (exact) mass is 281 g/mol. The summed E-state index contributed by atoms with van der Waals surface area (Å²) >= 11 is 0. The Hall–Kier alpha value is -1.15. The summed E-state index contributed by atoms with van der Waals surface area (Å²) < 4.78 is 56.7. The maximum absolute atomic E-state index is 13.1. The van der Waals surface area contributed by atoms with Crippen LogP contribution < -0.4 is 5.73 Å². The average Bonchev–Trinajstić information content (AvgIpc) is 2.97. The molecule has 2 heterocycles. The Kier molecular flexibility index (Phi) is 4.10. The van der Waals surface area contributed by atoms with Gasteiger partial charge in [0.25, 0.3) is 0 Å². The van der Waals surface area contributed by atoms with Gasteiger partial charge in [0.1, 0.15) is 0 Å². The highest BCUT2D eigenvalue weighted by Crippen LogP contribution is 2.30. The highest BCUT2D eigenvalue weighted by atomic mass is 19.3. The summed E-state index contributed by atoms with van der Waals surface area (Å²) in [6, 6.07) is -0.543. The minimum absolute atomic E-state index is 0.00405. The van der Waals surface area contributed by atoms with Crippen LogP contribution in [0.2, 0.25) is 0 Å². The first-order valence-electron chi connectivity index (χ1n) is 5.91. The predicted molar refractivity (Wildman–Crippen MR) is 59.0 cm³/mol. The number of hydrogen-bond acceptors (Lipinski definition) is 3. The van der Waals surface area contributed by atoms with Crippen molar-refractivity contribution in [2.45, 2.75) is 31.4 Å². The molecule has 4 nitrogen and oxygen atoms in total. The maximum Gasteiger partial charge on any atom is 0.324 e. The van der Waals surface area contributed by atoms with Crippen molar-refractivity contribution in [3.63, 3.8) is 0 Å². The van der Waals surface area contributed by atoms with Gasteiger partial charge < -0.3 is 15.0 Å². The van der Waals surface area contributed by atoms with Gasteiger partial charge in [-0.15, -0.1) is 0 Å². The third-order valence-corrected chi connectivity index (χ3v) is 3.26. The molecule has 0 saturated carbocycles. The van der Waals surface area contributed by atoms with E-state index in [1.807, 2.05) is 0 Å². The minimum atomic E-state index is -4.10. The molecule has 0 bridgehead atoms. The van der Waals surface area contributed by atoms with Crippen LogP contribution in [0.5, 0.6) is 0 Å². The van der Waals surface area contributed by atoms with Gasteiger partial charge in [-0.1, -0.05) is 0 Å². The van der Waals surface area contributed by atoms with Crippen molar-refractivity contribution < 1.29 is 22.3 Å². The van der Waals surface area contributed by atoms with Crippen LogP contribution in [0.1, 0.15) is 18.2 Å². The third kappa shape index (κ3) is 3.06. The first-order chi connectivity index (χ1) is 8.92.